The molecule has 1 aromatic heterocycles. The third-order valence-electron chi connectivity index (χ3n) is 3.37. The fraction of sp³-hybridized carbons (Fsp3) is 0.800. The zero-order valence-electron chi connectivity index (χ0n) is 12.0. The highest BCUT2D eigenvalue weighted by molar-refractivity contribution is 5.14. The Hall–Kier alpha value is -0.990. The van der Waals surface area contributed by atoms with Crippen molar-refractivity contribution in [3.05, 3.63) is 17.5 Å². The van der Waals surface area contributed by atoms with Crippen LogP contribution in [0.15, 0.2) is 6.20 Å². The van der Waals surface area contributed by atoms with E-state index in [0.717, 1.165) is 12.8 Å². The van der Waals surface area contributed by atoms with Crippen molar-refractivity contribution in [1.82, 2.24) is 15.4 Å². The van der Waals surface area contributed by atoms with Crippen molar-refractivity contribution in [2.75, 3.05) is 0 Å². The van der Waals surface area contributed by atoms with Gasteiger partial charge in [-0.3, -0.25) is 0 Å². The first-order valence-corrected chi connectivity index (χ1v) is 7.54. The first-order valence-electron chi connectivity index (χ1n) is 7.54. The van der Waals surface area contributed by atoms with E-state index in [2.05, 4.69) is 29.3 Å². The van der Waals surface area contributed by atoms with Gasteiger partial charge in [-0.2, -0.15) is 0 Å². The Balaban J connectivity index is 2.36. The molecule has 3 heteroatoms. The number of aryl methyl sites for hydroxylation is 2. The highest BCUT2D eigenvalue weighted by Crippen LogP contribution is 2.13. The predicted molar refractivity (Wildman–Crippen MR) is 75.5 cm³/mol. The van der Waals surface area contributed by atoms with Crippen LogP contribution in [-0.4, -0.2) is 15.4 Å². The van der Waals surface area contributed by atoms with Gasteiger partial charge in [-0.15, -0.1) is 10.2 Å². The van der Waals surface area contributed by atoms with Crippen LogP contribution < -0.4 is 0 Å². The maximum absolute atomic E-state index is 4.21. The fourth-order valence-electron chi connectivity index (χ4n) is 2.19. The summed E-state index contributed by atoms with van der Waals surface area (Å²) in [5.41, 5.74) is 2.50. The van der Waals surface area contributed by atoms with Gasteiger partial charge in [0.25, 0.3) is 0 Å². The number of nitrogens with zero attached hydrogens (tertiary/aromatic N) is 3. The molecular formula is C15H27N3. The molecule has 0 fully saturated rings. The van der Waals surface area contributed by atoms with Gasteiger partial charge in [0.05, 0.1) is 11.9 Å². The second kappa shape index (κ2) is 9.98. The minimum atomic E-state index is 1.07. The molecule has 102 valence electrons. The molecule has 1 aromatic rings. The van der Waals surface area contributed by atoms with Gasteiger partial charge in [0.15, 0.2) is 0 Å². The number of hydrogen-bond acceptors (Lipinski definition) is 3. The van der Waals surface area contributed by atoms with Crippen LogP contribution in [-0.2, 0) is 12.8 Å². The van der Waals surface area contributed by atoms with Crippen LogP contribution >= 0.6 is 0 Å². The van der Waals surface area contributed by atoms with Gasteiger partial charge in [0.2, 0.25) is 0 Å². The largest absolute Gasteiger partial charge is 0.138 e. The Labute approximate surface area is 111 Å². The van der Waals surface area contributed by atoms with E-state index in [-0.39, 0.29) is 0 Å². The molecular weight excluding hydrogens is 222 g/mol. The molecule has 0 radical (unpaired) electrons. The van der Waals surface area contributed by atoms with E-state index in [1.54, 1.807) is 0 Å². The normalized spacial score (nSPS) is 10.8. The molecule has 0 saturated heterocycles. The average molecular weight is 249 g/mol. The number of rotatable bonds is 10. The second-order valence-electron chi connectivity index (χ2n) is 5.03. The first kappa shape index (κ1) is 15.1. The SMILES string of the molecule is CCCCCCc1cnnnc1CCCCCC. The third kappa shape index (κ3) is 6.08. The molecule has 0 aromatic carbocycles. The van der Waals surface area contributed by atoms with Gasteiger partial charge >= 0.3 is 0 Å². The van der Waals surface area contributed by atoms with Crippen molar-refractivity contribution in [3.63, 3.8) is 0 Å². The van der Waals surface area contributed by atoms with Gasteiger partial charge in [0.1, 0.15) is 0 Å². The molecule has 0 aliphatic heterocycles. The summed E-state index contributed by atoms with van der Waals surface area (Å²) in [6.45, 7) is 4.49. The van der Waals surface area contributed by atoms with Crippen LogP contribution in [0.4, 0.5) is 0 Å². The molecule has 0 saturated carbocycles. The molecule has 18 heavy (non-hydrogen) atoms. The van der Waals surface area contributed by atoms with Crippen molar-refractivity contribution in [1.29, 1.82) is 0 Å². The van der Waals surface area contributed by atoms with Crippen molar-refractivity contribution < 1.29 is 0 Å². The Morgan fingerprint density at radius 1 is 0.833 bits per heavy atom. The van der Waals surface area contributed by atoms with Gasteiger partial charge in [-0.25, -0.2) is 0 Å². The van der Waals surface area contributed by atoms with Crippen molar-refractivity contribution in [3.8, 4) is 0 Å². The lowest BCUT2D eigenvalue weighted by Gasteiger charge is -2.06. The molecule has 3 nitrogen and oxygen atoms in total. The van der Waals surface area contributed by atoms with Crippen LogP contribution in [0.5, 0.6) is 0 Å². The van der Waals surface area contributed by atoms with E-state index in [1.807, 2.05) is 6.20 Å². The summed E-state index contributed by atoms with van der Waals surface area (Å²) in [6.07, 6.45) is 14.4. The molecule has 0 aliphatic rings. The predicted octanol–water partition coefficient (Wildman–Crippen LogP) is 4.12. The molecule has 0 atom stereocenters. The van der Waals surface area contributed by atoms with E-state index in [0.29, 0.717) is 0 Å². The van der Waals surface area contributed by atoms with Gasteiger partial charge in [-0.1, -0.05) is 52.4 Å². The highest BCUT2D eigenvalue weighted by atomic mass is 15.3. The van der Waals surface area contributed by atoms with Crippen LogP contribution in [0.2, 0.25) is 0 Å². The molecule has 0 aliphatic carbocycles. The van der Waals surface area contributed by atoms with E-state index in [1.165, 1.54) is 62.6 Å². The van der Waals surface area contributed by atoms with Gasteiger partial charge in [-0.05, 0) is 36.5 Å². The highest BCUT2D eigenvalue weighted by Gasteiger charge is 2.04. The monoisotopic (exact) mass is 249 g/mol. The molecule has 0 amide bonds. The number of unbranched alkanes of at least 4 members (excludes halogenated alkanes) is 6. The zero-order chi connectivity index (χ0) is 13.1. The second-order valence-corrected chi connectivity index (χ2v) is 5.03. The van der Waals surface area contributed by atoms with E-state index in [9.17, 15) is 0 Å². The quantitative estimate of drug-likeness (QED) is 0.585. The average Bonchev–Trinajstić information content (AvgIpc) is 2.41. The van der Waals surface area contributed by atoms with Crippen molar-refractivity contribution in [2.45, 2.75) is 78.1 Å². The summed E-state index contributed by atoms with van der Waals surface area (Å²) in [7, 11) is 0. The van der Waals surface area contributed by atoms with Gasteiger partial charge < -0.3 is 0 Å². The van der Waals surface area contributed by atoms with Crippen molar-refractivity contribution in [2.24, 2.45) is 0 Å². The summed E-state index contributed by atoms with van der Waals surface area (Å²) in [5.74, 6) is 0. The summed E-state index contributed by atoms with van der Waals surface area (Å²) < 4.78 is 0. The third-order valence-corrected chi connectivity index (χ3v) is 3.37. The summed E-state index contributed by atoms with van der Waals surface area (Å²) in [6, 6.07) is 0. The van der Waals surface area contributed by atoms with Gasteiger partial charge in [0, 0.05) is 0 Å². The molecule has 0 bridgehead atoms. The van der Waals surface area contributed by atoms with Crippen LogP contribution in [0.1, 0.15) is 76.5 Å². The molecule has 1 rings (SSSR count). The molecule has 0 spiro atoms. The van der Waals surface area contributed by atoms with E-state index >= 15 is 0 Å². The Morgan fingerprint density at radius 3 is 2.17 bits per heavy atom. The minimum Gasteiger partial charge on any atom is -0.138 e. The Morgan fingerprint density at radius 2 is 1.50 bits per heavy atom. The van der Waals surface area contributed by atoms with E-state index in [4.69, 9.17) is 0 Å². The maximum Gasteiger partial charge on any atom is 0.0696 e. The van der Waals surface area contributed by atoms with Crippen LogP contribution in [0.25, 0.3) is 0 Å². The van der Waals surface area contributed by atoms with Crippen molar-refractivity contribution >= 4 is 0 Å². The number of hydrogen-bond donors (Lipinski definition) is 0. The molecule has 0 N–H and O–H groups in total. The Kier molecular flexibility index (Phi) is 8.36. The maximum atomic E-state index is 4.21. The minimum absolute atomic E-state index is 1.07. The lowest BCUT2D eigenvalue weighted by molar-refractivity contribution is 0.630. The summed E-state index contributed by atoms with van der Waals surface area (Å²) >= 11 is 0. The topological polar surface area (TPSA) is 38.7 Å². The fourth-order valence-corrected chi connectivity index (χ4v) is 2.19. The summed E-state index contributed by atoms with van der Waals surface area (Å²) in [4.78, 5) is 0. The molecule has 0 unspecified atom stereocenters. The lowest BCUT2D eigenvalue weighted by Crippen LogP contribution is -2.02. The molecule has 1 heterocycles. The smallest absolute Gasteiger partial charge is 0.0696 e. The Bertz CT molecular complexity index is 281. The first-order chi connectivity index (χ1) is 8.88. The lowest BCUT2D eigenvalue weighted by atomic mass is 10.0. The zero-order valence-corrected chi connectivity index (χ0v) is 12.0. The summed E-state index contributed by atoms with van der Waals surface area (Å²) in [5, 5.41) is 11.9. The number of aromatic nitrogens is 3. The van der Waals surface area contributed by atoms with Crippen LogP contribution in [0, 0.1) is 0 Å². The van der Waals surface area contributed by atoms with Crippen LogP contribution in [0.3, 0.4) is 0 Å². The van der Waals surface area contributed by atoms with E-state index < -0.39 is 0 Å². The standard InChI is InChI=1S/C15H27N3/c1-3-5-7-9-11-14-13-16-18-17-15(14)12-10-8-6-4-2/h13H,3-12H2,1-2H3.